The van der Waals surface area contributed by atoms with Crippen LogP contribution in [0, 0.1) is 5.92 Å². The van der Waals surface area contributed by atoms with Crippen molar-refractivity contribution in [2.45, 2.75) is 32.7 Å². The molecule has 0 aliphatic heterocycles. The Hall–Kier alpha value is -1.55. The third kappa shape index (κ3) is 4.53. The average Bonchev–Trinajstić information content (AvgIpc) is 3.29. The Morgan fingerprint density at radius 3 is 2.60 bits per heavy atom. The highest BCUT2D eigenvalue weighted by atomic mass is 16.5. The number of carbonyl (C=O) groups excluding carboxylic acids is 1. The van der Waals surface area contributed by atoms with Crippen LogP contribution in [0.25, 0.3) is 0 Å². The minimum atomic E-state index is 0.0849. The van der Waals surface area contributed by atoms with Gasteiger partial charge in [0.2, 0.25) is 0 Å². The number of ether oxygens (including phenoxy) is 1. The normalized spacial score (nSPS) is 14.1. The van der Waals surface area contributed by atoms with Crippen molar-refractivity contribution in [2.24, 2.45) is 11.7 Å². The van der Waals surface area contributed by atoms with Crippen molar-refractivity contribution in [3.8, 4) is 5.75 Å². The molecule has 2 rings (SSSR count). The molecule has 0 aromatic heterocycles. The summed E-state index contributed by atoms with van der Waals surface area (Å²) in [5.41, 5.74) is 6.61. The second-order valence-electron chi connectivity index (χ2n) is 5.42. The molecule has 1 fully saturated rings. The van der Waals surface area contributed by atoms with E-state index in [0.717, 1.165) is 30.8 Å². The first-order valence-corrected chi connectivity index (χ1v) is 7.42. The van der Waals surface area contributed by atoms with Crippen LogP contribution in [0.5, 0.6) is 5.75 Å². The predicted molar refractivity (Wildman–Crippen MR) is 79.4 cm³/mol. The van der Waals surface area contributed by atoms with Crippen LogP contribution in [0.15, 0.2) is 24.3 Å². The number of hydrogen-bond acceptors (Lipinski definition) is 3. The maximum atomic E-state index is 12.2. The van der Waals surface area contributed by atoms with E-state index in [2.05, 4.69) is 6.92 Å². The second kappa shape index (κ2) is 7.29. The topological polar surface area (TPSA) is 55.6 Å². The van der Waals surface area contributed by atoms with Crippen molar-refractivity contribution in [1.29, 1.82) is 0 Å². The number of hydrogen-bond donors (Lipinski definition) is 1. The number of nitrogens with two attached hydrogens (primary N) is 1. The molecule has 1 aromatic carbocycles. The van der Waals surface area contributed by atoms with E-state index < -0.39 is 0 Å². The van der Waals surface area contributed by atoms with Crippen molar-refractivity contribution in [1.82, 2.24) is 4.90 Å². The quantitative estimate of drug-likeness (QED) is 0.791. The Bertz CT molecular complexity index is 427. The molecule has 1 aliphatic rings. The highest BCUT2D eigenvalue weighted by Gasteiger charge is 2.26. The molecule has 0 radical (unpaired) electrons. The van der Waals surface area contributed by atoms with Gasteiger partial charge in [-0.15, -0.1) is 0 Å². The molecule has 0 atom stereocenters. The smallest absolute Gasteiger partial charge is 0.260 e. The minimum Gasteiger partial charge on any atom is -0.484 e. The molecule has 4 nitrogen and oxygen atoms in total. The summed E-state index contributed by atoms with van der Waals surface area (Å²) in [6.45, 7) is 4.45. The van der Waals surface area contributed by atoms with E-state index in [0.29, 0.717) is 12.5 Å². The van der Waals surface area contributed by atoms with Crippen LogP contribution >= 0.6 is 0 Å². The third-order valence-corrected chi connectivity index (χ3v) is 3.54. The maximum absolute atomic E-state index is 12.2. The van der Waals surface area contributed by atoms with Crippen LogP contribution in [0.1, 0.15) is 31.7 Å². The number of rotatable bonds is 8. The molecule has 110 valence electrons. The molecule has 4 heteroatoms. The number of amides is 1. The molecule has 0 bridgehead atoms. The Morgan fingerprint density at radius 2 is 2.05 bits per heavy atom. The average molecular weight is 276 g/mol. The maximum Gasteiger partial charge on any atom is 0.260 e. The van der Waals surface area contributed by atoms with Gasteiger partial charge in [-0.3, -0.25) is 4.79 Å². The van der Waals surface area contributed by atoms with Gasteiger partial charge in [0.05, 0.1) is 0 Å². The molecule has 20 heavy (non-hydrogen) atoms. The van der Waals surface area contributed by atoms with E-state index in [4.69, 9.17) is 10.5 Å². The van der Waals surface area contributed by atoms with Crippen LogP contribution in [-0.2, 0) is 11.3 Å². The Labute approximate surface area is 120 Å². The van der Waals surface area contributed by atoms with Gasteiger partial charge < -0.3 is 15.4 Å². The summed E-state index contributed by atoms with van der Waals surface area (Å²) in [4.78, 5) is 14.1. The fraction of sp³-hybridized carbons (Fsp3) is 0.562. The van der Waals surface area contributed by atoms with Crippen LogP contribution < -0.4 is 10.5 Å². The third-order valence-electron chi connectivity index (χ3n) is 3.54. The van der Waals surface area contributed by atoms with Crippen LogP contribution in [0.4, 0.5) is 0 Å². The lowest BCUT2D eigenvalue weighted by atomic mass is 10.2. The van der Waals surface area contributed by atoms with Gasteiger partial charge in [-0.1, -0.05) is 19.1 Å². The number of benzene rings is 1. The number of nitrogens with zero attached hydrogens (tertiary/aromatic N) is 1. The fourth-order valence-corrected chi connectivity index (χ4v) is 2.16. The van der Waals surface area contributed by atoms with Gasteiger partial charge in [-0.05, 0) is 42.9 Å². The van der Waals surface area contributed by atoms with E-state index in [9.17, 15) is 4.79 Å². The molecule has 0 unspecified atom stereocenters. The van der Waals surface area contributed by atoms with E-state index >= 15 is 0 Å². The minimum absolute atomic E-state index is 0.0849. The van der Waals surface area contributed by atoms with E-state index in [1.165, 1.54) is 12.8 Å². The summed E-state index contributed by atoms with van der Waals surface area (Å²) in [7, 11) is 0. The van der Waals surface area contributed by atoms with Gasteiger partial charge in [0, 0.05) is 19.6 Å². The lowest BCUT2D eigenvalue weighted by Gasteiger charge is -2.22. The Kier molecular flexibility index (Phi) is 5.41. The SMILES string of the molecule is CCCN(CC1CC1)C(=O)COc1ccc(CN)cc1. The van der Waals surface area contributed by atoms with Gasteiger partial charge in [0.15, 0.2) is 6.61 Å². The van der Waals surface area contributed by atoms with E-state index in [1.54, 1.807) is 0 Å². The fourth-order valence-electron chi connectivity index (χ4n) is 2.16. The summed E-state index contributed by atoms with van der Waals surface area (Å²) in [6.07, 6.45) is 3.51. The van der Waals surface area contributed by atoms with Crippen molar-refractivity contribution >= 4 is 5.91 Å². The first kappa shape index (κ1) is 14.9. The van der Waals surface area contributed by atoms with Crippen molar-refractivity contribution in [3.05, 3.63) is 29.8 Å². The zero-order valence-corrected chi connectivity index (χ0v) is 12.2. The van der Waals surface area contributed by atoms with Crippen molar-refractivity contribution in [3.63, 3.8) is 0 Å². The summed E-state index contributed by atoms with van der Waals surface area (Å²) in [5, 5.41) is 0. The highest BCUT2D eigenvalue weighted by Crippen LogP contribution is 2.29. The Morgan fingerprint density at radius 1 is 1.35 bits per heavy atom. The predicted octanol–water partition coefficient (Wildman–Crippen LogP) is 2.17. The van der Waals surface area contributed by atoms with Gasteiger partial charge in [-0.25, -0.2) is 0 Å². The standard InChI is InChI=1S/C16H24N2O2/c1-2-9-18(11-14-3-4-14)16(19)12-20-15-7-5-13(10-17)6-8-15/h5-8,14H,2-4,9-12,17H2,1H3. The van der Waals surface area contributed by atoms with Gasteiger partial charge in [-0.2, -0.15) is 0 Å². The summed E-state index contributed by atoms with van der Waals surface area (Å²) < 4.78 is 5.56. The van der Waals surface area contributed by atoms with Gasteiger partial charge in [0.1, 0.15) is 5.75 Å². The van der Waals surface area contributed by atoms with Crippen LogP contribution in [0.2, 0.25) is 0 Å². The largest absolute Gasteiger partial charge is 0.484 e. The molecular weight excluding hydrogens is 252 g/mol. The van der Waals surface area contributed by atoms with Crippen LogP contribution in [0.3, 0.4) is 0 Å². The summed E-state index contributed by atoms with van der Waals surface area (Å²) >= 11 is 0. The first-order chi connectivity index (χ1) is 9.72. The molecule has 1 amide bonds. The molecule has 0 saturated heterocycles. The lowest BCUT2D eigenvalue weighted by molar-refractivity contribution is -0.133. The number of carbonyl (C=O) groups is 1. The first-order valence-electron chi connectivity index (χ1n) is 7.42. The van der Waals surface area contributed by atoms with Gasteiger partial charge >= 0.3 is 0 Å². The molecule has 2 N–H and O–H groups in total. The zero-order chi connectivity index (χ0) is 14.4. The Balaban J connectivity index is 1.81. The second-order valence-corrected chi connectivity index (χ2v) is 5.42. The van der Waals surface area contributed by atoms with Crippen molar-refractivity contribution in [2.75, 3.05) is 19.7 Å². The molecule has 0 heterocycles. The highest BCUT2D eigenvalue weighted by molar-refractivity contribution is 5.77. The van der Waals surface area contributed by atoms with Crippen LogP contribution in [-0.4, -0.2) is 30.5 Å². The summed E-state index contributed by atoms with van der Waals surface area (Å²) in [5.74, 6) is 1.52. The summed E-state index contributed by atoms with van der Waals surface area (Å²) in [6, 6.07) is 7.57. The monoisotopic (exact) mass is 276 g/mol. The van der Waals surface area contributed by atoms with Crippen molar-refractivity contribution < 1.29 is 9.53 Å². The van der Waals surface area contributed by atoms with E-state index in [-0.39, 0.29) is 12.5 Å². The molecule has 1 aliphatic carbocycles. The van der Waals surface area contributed by atoms with Gasteiger partial charge in [0.25, 0.3) is 5.91 Å². The molecule has 1 saturated carbocycles. The lowest BCUT2D eigenvalue weighted by Crippen LogP contribution is -2.37. The molecule has 1 aromatic rings. The molecule has 0 spiro atoms. The molecular formula is C16H24N2O2. The van der Waals surface area contributed by atoms with E-state index in [1.807, 2.05) is 29.2 Å². The zero-order valence-electron chi connectivity index (χ0n) is 12.2.